The topological polar surface area (TPSA) is 44.7 Å². The molecule has 1 N–H and O–H groups in total. The van der Waals surface area contributed by atoms with Crippen molar-refractivity contribution in [3.8, 4) is 0 Å². The zero-order valence-corrected chi connectivity index (χ0v) is 14.4. The van der Waals surface area contributed by atoms with Crippen molar-refractivity contribution < 1.29 is 4.79 Å². The highest BCUT2D eigenvalue weighted by Gasteiger charge is 2.07. The molecule has 4 nitrogen and oxygen atoms in total. The Morgan fingerprint density at radius 1 is 1.14 bits per heavy atom. The van der Waals surface area contributed by atoms with E-state index in [9.17, 15) is 4.79 Å². The van der Waals surface area contributed by atoms with Crippen LogP contribution in [0, 0.1) is 0 Å². The first-order chi connectivity index (χ1) is 10.5. The van der Waals surface area contributed by atoms with E-state index in [0.717, 1.165) is 21.4 Å². The zero-order valence-electron chi connectivity index (χ0n) is 12.8. The van der Waals surface area contributed by atoms with Crippen LogP contribution in [0.3, 0.4) is 0 Å². The number of amides is 1. The Labute approximate surface area is 139 Å². The largest absolute Gasteiger partial charge is 0.378 e. The van der Waals surface area contributed by atoms with Crippen molar-refractivity contribution in [3.63, 3.8) is 0 Å². The minimum atomic E-state index is -0.227. The number of hydrogen-bond donors (Lipinski definition) is 1. The van der Waals surface area contributed by atoms with Crippen LogP contribution in [0.5, 0.6) is 0 Å². The molecular formula is C17H18BrN3O. The molecule has 2 aromatic rings. The lowest BCUT2D eigenvalue weighted by Crippen LogP contribution is -2.20. The monoisotopic (exact) mass is 359 g/mol. The standard InChI is InChI=1S/C17H18BrN3O/c1-12(15-9-4-5-10-16(15)18)19-20-17(22)13-7-6-8-14(11-13)21(2)3/h4-11H,1-3H3,(H,20,22)/b19-12+. The summed E-state index contributed by atoms with van der Waals surface area (Å²) in [6, 6.07) is 15.2. The predicted octanol–water partition coefficient (Wildman–Crippen LogP) is 3.67. The molecule has 5 heteroatoms. The summed E-state index contributed by atoms with van der Waals surface area (Å²) in [6.07, 6.45) is 0. The van der Waals surface area contributed by atoms with Gasteiger partial charge in [-0.1, -0.05) is 40.2 Å². The van der Waals surface area contributed by atoms with Crippen LogP contribution in [0.4, 0.5) is 5.69 Å². The molecule has 0 unspecified atom stereocenters. The molecule has 2 aromatic carbocycles. The molecule has 0 bridgehead atoms. The van der Waals surface area contributed by atoms with Gasteiger partial charge >= 0.3 is 0 Å². The van der Waals surface area contributed by atoms with Gasteiger partial charge in [-0.3, -0.25) is 4.79 Å². The van der Waals surface area contributed by atoms with Gasteiger partial charge in [0.2, 0.25) is 0 Å². The Balaban J connectivity index is 2.14. The van der Waals surface area contributed by atoms with Gasteiger partial charge in [0.25, 0.3) is 5.91 Å². The Hall–Kier alpha value is -2.14. The second kappa shape index (κ2) is 7.22. The van der Waals surface area contributed by atoms with Crippen molar-refractivity contribution in [1.29, 1.82) is 0 Å². The number of benzene rings is 2. The van der Waals surface area contributed by atoms with E-state index in [0.29, 0.717) is 5.56 Å². The van der Waals surface area contributed by atoms with Gasteiger partial charge in [-0.25, -0.2) is 5.43 Å². The fraction of sp³-hybridized carbons (Fsp3) is 0.176. The Morgan fingerprint density at radius 2 is 1.86 bits per heavy atom. The molecular weight excluding hydrogens is 342 g/mol. The third kappa shape index (κ3) is 3.95. The van der Waals surface area contributed by atoms with Crippen LogP contribution in [-0.2, 0) is 0 Å². The first-order valence-corrected chi connectivity index (χ1v) is 7.65. The molecule has 0 saturated heterocycles. The summed E-state index contributed by atoms with van der Waals surface area (Å²) in [7, 11) is 3.87. The van der Waals surface area contributed by atoms with Gasteiger partial charge in [0.05, 0.1) is 5.71 Å². The minimum Gasteiger partial charge on any atom is -0.378 e. The van der Waals surface area contributed by atoms with Crippen molar-refractivity contribution in [2.24, 2.45) is 5.10 Å². The van der Waals surface area contributed by atoms with Crippen LogP contribution in [0.25, 0.3) is 0 Å². The Bertz CT molecular complexity index is 711. The van der Waals surface area contributed by atoms with E-state index >= 15 is 0 Å². The van der Waals surface area contributed by atoms with Crippen LogP contribution < -0.4 is 10.3 Å². The van der Waals surface area contributed by atoms with Gasteiger partial charge < -0.3 is 4.90 Å². The average Bonchev–Trinajstić information content (AvgIpc) is 2.52. The van der Waals surface area contributed by atoms with Crippen LogP contribution in [0.1, 0.15) is 22.8 Å². The second-order valence-corrected chi connectivity index (χ2v) is 5.92. The van der Waals surface area contributed by atoms with E-state index in [4.69, 9.17) is 0 Å². The van der Waals surface area contributed by atoms with E-state index in [1.54, 1.807) is 6.07 Å². The first-order valence-electron chi connectivity index (χ1n) is 6.86. The van der Waals surface area contributed by atoms with E-state index in [1.807, 2.05) is 68.4 Å². The average molecular weight is 360 g/mol. The summed E-state index contributed by atoms with van der Waals surface area (Å²) >= 11 is 3.48. The number of hydrogen-bond acceptors (Lipinski definition) is 3. The number of carbonyl (C=O) groups is 1. The normalized spacial score (nSPS) is 11.2. The number of halogens is 1. The lowest BCUT2D eigenvalue weighted by atomic mass is 10.1. The predicted molar refractivity (Wildman–Crippen MR) is 94.6 cm³/mol. The summed E-state index contributed by atoms with van der Waals surface area (Å²) in [5.41, 5.74) is 5.84. The van der Waals surface area contributed by atoms with Gasteiger partial charge in [0.1, 0.15) is 0 Å². The fourth-order valence-electron chi connectivity index (χ4n) is 1.94. The number of rotatable bonds is 4. The third-order valence-corrected chi connectivity index (χ3v) is 3.91. The molecule has 0 aromatic heterocycles. The van der Waals surface area contributed by atoms with Crippen LogP contribution >= 0.6 is 15.9 Å². The van der Waals surface area contributed by atoms with Crippen LogP contribution in [-0.4, -0.2) is 25.7 Å². The molecule has 114 valence electrons. The van der Waals surface area contributed by atoms with Gasteiger partial charge in [-0.2, -0.15) is 5.10 Å². The SMILES string of the molecule is C/C(=N\NC(=O)c1cccc(N(C)C)c1)c1ccccc1Br. The number of nitrogens with one attached hydrogen (secondary N) is 1. The van der Waals surface area contributed by atoms with Crippen molar-refractivity contribution in [2.75, 3.05) is 19.0 Å². The summed E-state index contributed by atoms with van der Waals surface area (Å²) in [6.45, 7) is 1.86. The smallest absolute Gasteiger partial charge is 0.271 e. The number of hydrazone groups is 1. The zero-order chi connectivity index (χ0) is 16.1. The minimum absolute atomic E-state index is 0.227. The van der Waals surface area contributed by atoms with Gasteiger partial charge in [0, 0.05) is 35.4 Å². The van der Waals surface area contributed by atoms with E-state index in [-0.39, 0.29) is 5.91 Å². The molecule has 22 heavy (non-hydrogen) atoms. The molecule has 0 aliphatic heterocycles. The lowest BCUT2D eigenvalue weighted by molar-refractivity contribution is 0.0955. The molecule has 0 fully saturated rings. The highest BCUT2D eigenvalue weighted by Crippen LogP contribution is 2.17. The lowest BCUT2D eigenvalue weighted by Gasteiger charge is -2.13. The fourth-order valence-corrected chi connectivity index (χ4v) is 2.51. The van der Waals surface area contributed by atoms with Crippen molar-refractivity contribution in [3.05, 3.63) is 64.1 Å². The summed E-state index contributed by atoms with van der Waals surface area (Å²) in [5.74, 6) is -0.227. The van der Waals surface area contributed by atoms with Crippen LogP contribution in [0.2, 0.25) is 0 Å². The molecule has 0 aliphatic rings. The maximum atomic E-state index is 12.2. The highest BCUT2D eigenvalue weighted by atomic mass is 79.9. The molecule has 0 atom stereocenters. The molecule has 0 spiro atoms. The van der Waals surface area contributed by atoms with Gasteiger partial charge in [0.15, 0.2) is 0 Å². The summed E-state index contributed by atoms with van der Waals surface area (Å²) < 4.78 is 0.945. The molecule has 0 saturated carbocycles. The van der Waals surface area contributed by atoms with Gasteiger partial charge in [-0.05, 0) is 31.2 Å². The van der Waals surface area contributed by atoms with E-state index < -0.39 is 0 Å². The summed E-state index contributed by atoms with van der Waals surface area (Å²) in [4.78, 5) is 14.1. The Kier molecular flexibility index (Phi) is 5.33. The highest BCUT2D eigenvalue weighted by molar-refractivity contribution is 9.10. The Morgan fingerprint density at radius 3 is 2.55 bits per heavy atom. The van der Waals surface area contributed by atoms with Gasteiger partial charge in [-0.15, -0.1) is 0 Å². The number of carbonyl (C=O) groups excluding carboxylic acids is 1. The maximum Gasteiger partial charge on any atom is 0.271 e. The maximum absolute atomic E-state index is 12.2. The number of anilines is 1. The van der Waals surface area contributed by atoms with Crippen molar-refractivity contribution in [2.45, 2.75) is 6.92 Å². The molecule has 0 heterocycles. The third-order valence-electron chi connectivity index (χ3n) is 3.21. The second-order valence-electron chi connectivity index (χ2n) is 5.06. The van der Waals surface area contributed by atoms with Crippen molar-refractivity contribution >= 4 is 33.2 Å². The van der Waals surface area contributed by atoms with E-state index in [1.165, 1.54) is 0 Å². The van der Waals surface area contributed by atoms with E-state index in [2.05, 4.69) is 26.5 Å². The number of nitrogens with zero attached hydrogens (tertiary/aromatic N) is 2. The summed E-state index contributed by atoms with van der Waals surface area (Å²) in [5, 5.41) is 4.18. The molecule has 0 aliphatic carbocycles. The molecule has 0 radical (unpaired) electrons. The van der Waals surface area contributed by atoms with Crippen LogP contribution in [0.15, 0.2) is 58.1 Å². The quantitative estimate of drug-likeness (QED) is 0.668. The van der Waals surface area contributed by atoms with Crippen molar-refractivity contribution in [1.82, 2.24) is 5.43 Å². The molecule has 2 rings (SSSR count). The first kappa shape index (κ1) is 16.2. The molecule has 1 amide bonds.